The summed E-state index contributed by atoms with van der Waals surface area (Å²) in [5.74, 6) is 4.85. The summed E-state index contributed by atoms with van der Waals surface area (Å²) in [4.78, 5) is 0. The third-order valence-corrected chi connectivity index (χ3v) is 0.784. The van der Waals surface area contributed by atoms with Crippen LogP contribution in [0, 0.1) is 0 Å². The minimum atomic E-state index is -1.52. The SMILES string of the molecule is C=C/C(=C\NN)B(O)O. The standard InChI is InChI=1S/C4H9BN2O2/c1-2-4(3-7-6)5(8)9/h2-3,7-9H,1,6H2/b4-3+. The molecule has 0 unspecified atom stereocenters. The molecule has 4 nitrogen and oxygen atoms in total. The minimum Gasteiger partial charge on any atom is -0.423 e. The molecule has 0 aromatic heterocycles. The van der Waals surface area contributed by atoms with Crippen LogP contribution in [-0.4, -0.2) is 17.2 Å². The van der Waals surface area contributed by atoms with Gasteiger partial charge in [0.15, 0.2) is 0 Å². The molecular weight excluding hydrogens is 119 g/mol. The Bertz CT molecular complexity index is 124. The molecule has 0 atom stereocenters. The summed E-state index contributed by atoms with van der Waals surface area (Å²) in [7, 11) is -1.52. The topological polar surface area (TPSA) is 78.5 Å². The lowest BCUT2D eigenvalue weighted by Gasteiger charge is -1.96. The van der Waals surface area contributed by atoms with Gasteiger partial charge in [-0.25, -0.2) is 0 Å². The van der Waals surface area contributed by atoms with Crippen LogP contribution in [-0.2, 0) is 0 Å². The molecule has 0 saturated carbocycles. The Morgan fingerprint density at radius 1 is 1.67 bits per heavy atom. The van der Waals surface area contributed by atoms with Crippen LogP contribution in [0.25, 0.3) is 0 Å². The first-order valence-corrected chi connectivity index (χ1v) is 2.37. The molecule has 0 amide bonds. The molecule has 0 saturated heterocycles. The molecule has 0 aromatic carbocycles. The monoisotopic (exact) mass is 128 g/mol. The molecule has 0 fully saturated rings. The van der Waals surface area contributed by atoms with Crippen molar-refractivity contribution >= 4 is 7.12 Å². The Labute approximate surface area is 53.8 Å². The highest BCUT2D eigenvalue weighted by Gasteiger charge is 2.09. The van der Waals surface area contributed by atoms with Crippen molar-refractivity contribution in [2.45, 2.75) is 0 Å². The van der Waals surface area contributed by atoms with Crippen molar-refractivity contribution < 1.29 is 10.0 Å². The molecule has 0 aromatic rings. The molecule has 0 bridgehead atoms. The first-order chi connectivity index (χ1) is 4.22. The zero-order valence-electron chi connectivity index (χ0n) is 4.91. The lowest BCUT2D eigenvalue weighted by Crippen LogP contribution is -2.20. The maximum Gasteiger partial charge on any atom is 0.489 e. The van der Waals surface area contributed by atoms with Crippen LogP contribution in [0.1, 0.15) is 0 Å². The number of hydrogen-bond donors (Lipinski definition) is 4. The zero-order valence-corrected chi connectivity index (χ0v) is 4.91. The van der Waals surface area contributed by atoms with Gasteiger partial charge in [-0.3, -0.25) is 5.84 Å². The van der Waals surface area contributed by atoms with Crippen molar-refractivity contribution in [1.29, 1.82) is 0 Å². The molecule has 0 heterocycles. The molecule has 9 heavy (non-hydrogen) atoms. The van der Waals surface area contributed by atoms with E-state index in [-0.39, 0.29) is 5.47 Å². The lowest BCUT2D eigenvalue weighted by atomic mass is 9.80. The van der Waals surface area contributed by atoms with Gasteiger partial charge in [-0.2, -0.15) is 0 Å². The largest absolute Gasteiger partial charge is 0.489 e. The normalized spacial score (nSPS) is 10.8. The van der Waals surface area contributed by atoms with Crippen molar-refractivity contribution in [3.05, 3.63) is 24.3 Å². The van der Waals surface area contributed by atoms with Gasteiger partial charge >= 0.3 is 7.12 Å². The van der Waals surface area contributed by atoms with Crippen LogP contribution in [0.5, 0.6) is 0 Å². The zero-order chi connectivity index (χ0) is 7.28. The van der Waals surface area contributed by atoms with E-state index in [0.29, 0.717) is 0 Å². The van der Waals surface area contributed by atoms with Crippen LogP contribution in [0.4, 0.5) is 0 Å². The van der Waals surface area contributed by atoms with E-state index < -0.39 is 7.12 Å². The maximum absolute atomic E-state index is 8.46. The first kappa shape index (κ1) is 8.22. The summed E-state index contributed by atoms with van der Waals surface area (Å²) >= 11 is 0. The van der Waals surface area contributed by atoms with Crippen LogP contribution in [0.2, 0.25) is 0 Å². The van der Waals surface area contributed by atoms with Crippen LogP contribution >= 0.6 is 0 Å². The van der Waals surface area contributed by atoms with E-state index in [2.05, 4.69) is 12.0 Å². The molecule has 50 valence electrons. The van der Waals surface area contributed by atoms with E-state index in [1.54, 1.807) is 0 Å². The van der Waals surface area contributed by atoms with Gasteiger partial charge in [0.2, 0.25) is 0 Å². The number of rotatable bonds is 3. The fraction of sp³-hybridized carbons (Fsp3) is 0. The molecule has 5 N–H and O–H groups in total. The van der Waals surface area contributed by atoms with Gasteiger partial charge < -0.3 is 15.5 Å². The van der Waals surface area contributed by atoms with E-state index in [1.165, 1.54) is 12.3 Å². The molecule has 0 aliphatic rings. The van der Waals surface area contributed by atoms with Crippen LogP contribution in [0.15, 0.2) is 24.3 Å². The van der Waals surface area contributed by atoms with Gasteiger partial charge in [0, 0.05) is 6.20 Å². The van der Waals surface area contributed by atoms with Crippen molar-refractivity contribution in [3.8, 4) is 0 Å². The lowest BCUT2D eigenvalue weighted by molar-refractivity contribution is 0.420. The summed E-state index contributed by atoms with van der Waals surface area (Å²) in [6.07, 6.45) is 2.54. The molecule has 5 heteroatoms. The number of allylic oxidation sites excluding steroid dienone is 2. The average Bonchev–Trinajstić information content (AvgIpc) is 1.82. The van der Waals surface area contributed by atoms with Crippen molar-refractivity contribution in [2.24, 2.45) is 5.84 Å². The molecule has 0 spiro atoms. The number of nitrogens with two attached hydrogens (primary N) is 1. The predicted octanol–water partition coefficient (Wildman–Crippen LogP) is -1.47. The number of nitrogens with one attached hydrogen (secondary N) is 1. The Morgan fingerprint density at radius 3 is 2.33 bits per heavy atom. The quantitative estimate of drug-likeness (QED) is 0.162. The average molecular weight is 128 g/mol. The summed E-state index contributed by atoms with van der Waals surface area (Å²) in [6.45, 7) is 3.32. The second-order valence-corrected chi connectivity index (χ2v) is 1.39. The summed E-state index contributed by atoms with van der Waals surface area (Å²) in [6, 6.07) is 0. The van der Waals surface area contributed by atoms with E-state index in [0.717, 1.165) is 0 Å². The Kier molecular flexibility index (Phi) is 3.78. The minimum absolute atomic E-state index is 0.234. The molecule has 0 radical (unpaired) electrons. The highest BCUT2D eigenvalue weighted by molar-refractivity contribution is 6.51. The third-order valence-electron chi connectivity index (χ3n) is 0.784. The molecule has 0 aliphatic carbocycles. The number of hydrogen-bond acceptors (Lipinski definition) is 4. The highest BCUT2D eigenvalue weighted by atomic mass is 16.4. The molecule has 0 rings (SSSR count). The van der Waals surface area contributed by atoms with E-state index in [1.807, 2.05) is 0 Å². The van der Waals surface area contributed by atoms with Gasteiger partial charge in [0.25, 0.3) is 0 Å². The Hall–Kier alpha value is -0.775. The van der Waals surface area contributed by atoms with Crippen molar-refractivity contribution in [3.63, 3.8) is 0 Å². The second-order valence-electron chi connectivity index (χ2n) is 1.39. The van der Waals surface area contributed by atoms with E-state index in [9.17, 15) is 0 Å². The predicted molar refractivity (Wildman–Crippen MR) is 35.8 cm³/mol. The fourth-order valence-corrected chi connectivity index (χ4v) is 0.335. The fourth-order valence-electron chi connectivity index (χ4n) is 0.335. The first-order valence-electron chi connectivity index (χ1n) is 2.37. The Balaban J connectivity index is 3.97. The summed E-state index contributed by atoms with van der Waals surface area (Å²) in [5.41, 5.74) is 2.38. The smallest absolute Gasteiger partial charge is 0.423 e. The van der Waals surface area contributed by atoms with Gasteiger partial charge in [0.05, 0.1) is 0 Å². The second kappa shape index (κ2) is 4.14. The van der Waals surface area contributed by atoms with Gasteiger partial charge in [-0.1, -0.05) is 12.7 Å². The summed E-state index contributed by atoms with van der Waals surface area (Å²) < 4.78 is 0. The maximum atomic E-state index is 8.46. The molecular formula is C4H9BN2O2. The van der Waals surface area contributed by atoms with Gasteiger partial charge in [-0.15, -0.1) is 0 Å². The number of hydrazine groups is 1. The summed E-state index contributed by atoms with van der Waals surface area (Å²) in [5, 5.41) is 16.9. The van der Waals surface area contributed by atoms with Gasteiger partial charge in [-0.05, 0) is 5.47 Å². The molecule has 0 aliphatic heterocycles. The van der Waals surface area contributed by atoms with E-state index >= 15 is 0 Å². The van der Waals surface area contributed by atoms with Crippen LogP contribution < -0.4 is 11.3 Å². The van der Waals surface area contributed by atoms with Crippen LogP contribution in [0.3, 0.4) is 0 Å². The van der Waals surface area contributed by atoms with Crippen molar-refractivity contribution in [1.82, 2.24) is 5.43 Å². The van der Waals surface area contributed by atoms with Gasteiger partial charge in [0.1, 0.15) is 0 Å². The Morgan fingerprint density at radius 2 is 2.22 bits per heavy atom. The third kappa shape index (κ3) is 2.92. The van der Waals surface area contributed by atoms with Crippen molar-refractivity contribution in [2.75, 3.05) is 0 Å². The highest BCUT2D eigenvalue weighted by Crippen LogP contribution is 1.92. The van der Waals surface area contributed by atoms with E-state index in [4.69, 9.17) is 15.9 Å².